The summed E-state index contributed by atoms with van der Waals surface area (Å²) in [6.45, 7) is 8.98. The molecule has 0 bridgehead atoms. The third kappa shape index (κ3) is 5.48. The lowest BCUT2D eigenvalue weighted by Crippen LogP contribution is -2.31. The molecule has 2 nitrogen and oxygen atoms in total. The largest absolute Gasteiger partial charge is 0.362 e. The van der Waals surface area contributed by atoms with Gasteiger partial charge in [0, 0.05) is 17.5 Å². The van der Waals surface area contributed by atoms with Crippen LogP contribution in [0.5, 0.6) is 0 Å². The summed E-state index contributed by atoms with van der Waals surface area (Å²) in [6, 6.07) is 1.08. The molecule has 2 atom stereocenters. The van der Waals surface area contributed by atoms with E-state index in [1.54, 1.807) is 0 Å². The zero-order chi connectivity index (χ0) is 12.0. The van der Waals surface area contributed by atoms with Crippen LogP contribution in [0.4, 0.5) is 0 Å². The lowest BCUT2D eigenvalue weighted by molar-refractivity contribution is 0.528. The van der Waals surface area contributed by atoms with Crippen LogP contribution in [0, 0.1) is 5.92 Å². The molecule has 1 N–H and O–H groups in total. The average molecular weight is 260 g/mol. The van der Waals surface area contributed by atoms with Gasteiger partial charge in [0.25, 0.3) is 0 Å². The van der Waals surface area contributed by atoms with Crippen LogP contribution in [0.25, 0.3) is 0 Å². The van der Waals surface area contributed by atoms with Gasteiger partial charge in [0.1, 0.15) is 0 Å². The van der Waals surface area contributed by atoms with E-state index in [-0.39, 0.29) is 0 Å². The van der Waals surface area contributed by atoms with E-state index in [9.17, 15) is 0 Å². The van der Waals surface area contributed by atoms with Gasteiger partial charge < -0.3 is 5.32 Å². The van der Waals surface area contributed by atoms with Crippen LogP contribution in [0.3, 0.4) is 0 Å². The second kappa shape index (κ2) is 7.49. The molecule has 94 valence electrons. The molecule has 1 aliphatic rings. The van der Waals surface area contributed by atoms with Crippen molar-refractivity contribution in [2.24, 2.45) is 10.9 Å². The third-order valence-electron chi connectivity index (χ3n) is 2.40. The minimum Gasteiger partial charge on any atom is -0.362 e. The van der Waals surface area contributed by atoms with Gasteiger partial charge in [0.2, 0.25) is 0 Å². The van der Waals surface area contributed by atoms with Gasteiger partial charge in [-0.05, 0) is 25.0 Å². The number of hydrogen-bond acceptors (Lipinski definition) is 4. The second-order valence-corrected chi connectivity index (χ2v) is 7.06. The van der Waals surface area contributed by atoms with E-state index in [1.165, 1.54) is 17.9 Å². The topological polar surface area (TPSA) is 24.4 Å². The molecule has 0 saturated heterocycles. The highest BCUT2D eigenvalue weighted by atomic mass is 32.2. The van der Waals surface area contributed by atoms with Crippen molar-refractivity contribution < 1.29 is 0 Å². The first-order chi connectivity index (χ1) is 7.61. The maximum absolute atomic E-state index is 4.74. The summed E-state index contributed by atoms with van der Waals surface area (Å²) in [5.74, 6) is 4.28. The third-order valence-corrected chi connectivity index (χ3v) is 4.59. The van der Waals surface area contributed by atoms with Gasteiger partial charge >= 0.3 is 0 Å². The molecule has 2 unspecified atom stereocenters. The normalized spacial score (nSPS) is 22.3. The summed E-state index contributed by atoms with van der Waals surface area (Å²) in [4.78, 5) is 4.74. The van der Waals surface area contributed by atoms with E-state index in [4.69, 9.17) is 4.99 Å². The zero-order valence-electron chi connectivity index (χ0n) is 10.8. The predicted octanol–water partition coefficient (Wildman–Crippen LogP) is 3.24. The number of amidine groups is 1. The standard InChI is InChI=1S/C12H24N2S2/c1-5-15-7-10(4)13-12-14-11(8-16-12)6-9(2)3/h9-11H,5-8H2,1-4H3,(H,13,14). The van der Waals surface area contributed by atoms with Crippen LogP contribution in [-0.4, -0.2) is 34.5 Å². The Hall–Kier alpha value is 0.170. The van der Waals surface area contributed by atoms with Gasteiger partial charge in [0.05, 0.1) is 6.04 Å². The fourth-order valence-corrected chi connectivity index (χ4v) is 3.45. The van der Waals surface area contributed by atoms with Crippen molar-refractivity contribution in [1.29, 1.82) is 0 Å². The van der Waals surface area contributed by atoms with E-state index in [0.29, 0.717) is 12.1 Å². The maximum Gasteiger partial charge on any atom is 0.157 e. The summed E-state index contributed by atoms with van der Waals surface area (Å²) in [6.07, 6.45) is 1.22. The van der Waals surface area contributed by atoms with E-state index >= 15 is 0 Å². The van der Waals surface area contributed by atoms with Gasteiger partial charge in [-0.25, -0.2) is 0 Å². The van der Waals surface area contributed by atoms with Crippen molar-refractivity contribution in [1.82, 2.24) is 5.32 Å². The van der Waals surface area contributed by atoms with Crippen LogP contribution in [-0.2, 0) is 0 Å². The quantitative estimate of drug-likeness (QED) is 0.793. The molecule has 1 heterocycles. The molecule has 0 aliphatic carbocycles. The first kappa shape index (κ1) is 14.2. The Balaban J connectivity index is 2.27. The Morgan fingerprint density at radius 3 is 2.88 bits per heavy atom. The summed E-state index contributed by atoms with van der Waals surface area (Å²) < 4.78 is 0. The fourth-order valence-electron chi connectivity index (χ4n) is 1.71. The SMILES string of the molecule is CCSCC(C)NC1=NC(CC(C)C)CS1. The first-order valence-corrected chi connectivity index (χ1v) is 8.30. The van der Waals surface area contributed by atoms with Crippen LogP contribution in [0.15, 0.2) is 4.99 Å². The fraction of sp³-hybridized carbons (Fsp3) is 0.917. The van der Waals surface area contributed by atoms with Crippen LogP contribution in [0.1, 0.15) is 34.1 Å². The van der Waals surface area contributed by atoms with Gasteiger partial charge in [-0.15, -0.1) is 0 Å². The maximum atomic E-state index is 4.74. The number of rotatable bonds is 6. The monoisotopic (exact) mass is 260 g/mol. The number of thioether (sulfide) groups is 2. The van der Waals surface area contributed by atoms with Crippen molar-refractivity contribution >= 4 is 28.7 Å². The van der Waals surface area contributed by atoms with Crippen LogP contribution < -0.4 is 5.32 Å². The highest BCUT2D eigenvalue weighted by Gasteiger charge is 2.19. The molecule has 1 rings (SSSR count). The molecule has 0 fully saturated rings. The lowest BCUT2D eigenvalue weighted by atomic mass is 10.1. The molecule has 16 heavy (non-hydrogen) atoms. The molecule has 0 aromatic carbocycles. The molecule has 0 aromatic heterocycles. The average Bonchev–Trinajstić information content (AvgIpc) is 2.61. The Labute approximate surface area is 108 Å². The van der Waals surface area contributed by atoms with Crippen molar-refractivity contribution in [2.75, 3.05) is 17.3 Å². The van der Waals surface area contributed by atoms with Crippen LogP contribution in [0.2, 0.25) is 0 Å². The van der Waals surface area contributed by atoms with E-state index in [0.717, 1.165) is 16.8 Å². The summed E-state index contributed by atoms with van der Waals surface area (Å²) in [5.41, 5.74) is 0. The Bertz CT molecular complexity index is 229. The van der Waals surface area contributed by atoms with E-state index < -0.39 is 0 Å². The molecule has 0 spiro atoms. The van der Waals surface area contributed by atoms with Gasteiger partial charge in [-0.3, -0.25) is 4.99 Å². The molecule has 0 saturated carbocycles. The first-order valence-electron chi connectivity index (χ1n) is 6.16. The predicted molar refractivity (Wildman–Crippen MR) is 78.7 cm³/mol. The summed E-state index contributed by atoms with van der Waals surface area (Å²) in [5, 5.41) is 4.67. The molecular formula is C12H24N2S2. The van der Waals surface area contributed by atoms with Gasteiger partial charge in [-0.2, -0.15) is 11.8 Å². The van der Waals surface area contributed by atoms with Gasteiger partial charge in [-0.1, -0.05) is 32.5 Å². The Kier molecular flexibility index (Phi) is 6.66. The van der Waals surface area contributed by atoms with Gasteiger partial charge in [0.15, 0.2) is 5.17 Å². The minimum absolute atomic E-state index is 0.536. The highest BCUT2D eigenvalue weighted by molar-refractivity contribution is 8.14. The van der Waals surface area contributed by atoms with Crippen molar-refractivity contribution in [3.8, 4) is 0 Å². The molecule has 4 heteroatoms. The van der Waals surface area contributed by atoms with Crippen molar-refractivity contribution in [3.63, 3.8) is 0 Å². The molecule has 0 aromatic rings. The number of hydrogen-bond donors (Lipinski definition) is 1. The Morgan fingerprint density at radius 1 is 1.50 bits per heavy atom. The van der Waals surface area contributed by atoms with Crippen LogP contribution >= 0.6 is 23.5 Å². The number of nitrogens with zero attached hydrogens (tertiary/aromatic N) is 1. The molecule has 0 amide bonds. The molecular weight excluding hydrogens is 236 g/mol. The van der Waals surface area contributed by atoms with Crippen molar-refractivity contribution in [2.45, 2.75) is 46.2 Å². The van der Waals surface area contributed by atoms with E-state index in [1.807, 2.05) is 23.5 Å². The lowest BCUT2D eigenvalue weighted by Gasteiger charge is -2.13. The molecule has 1 aliphatic heterocycles. The second-order valence-electron chi connectivity index (χ2n) is 4.73. The minimum atomic E-state index is 0.536. The summed E-state index contributed by atoms with van der Waals surface area (Å²) in [7, 11) is 0. The number of aliphatic imine (C=N–C) groups is 1. The van der Waals surface area contributed by atoms with E-state index in [2.05, 4.69) is 33.0 Å². The highest BCUT2D eigenvalue weighted by Crippen LogP contribution is 2.22. The smallest absolute Gasteiger partial charge is 0.157 e. The summed E-state index contributed by atoms with van der Waals surface area (Å²) >= 11 is 3.87. The number of nitrogens with one attached hydrogen (secondary N) is 1. The molecule has 0 radical (unpaired) electrons. The van der Waals surface area contributed by atoms with Crippen molar-refractivity contribution in [3.05, 3.63) is 0 Å². The zero-order valence-corrected chi connectivity index (χ0v) is 12.5. The Morgan fingerprint density at radius 2 is 2.25 bits per heavy atom.